The van der Waals surface area contributed by atoms with E-state index in [0.717, 1.165) is 18.9 Å². The Kier molecular flexibility index (Phi) is 3.13. The number of nitrogens with two attached hydrogens (primary N) is 1. The third-order valence-electron chi connectivity index (χ3n) is 2.57. The molecule has 1 saturated heterocycles. The molecule has 0 bridgehead atoms. The van der Waals surface area contributed by atoms with Gasteiger partial charge in [0.15, 0.2) is 0 Å². The Morgan fingerprint density at radius 3 is 3.20 bits per heavy atom. The number of hydrogen-bond acceptors (Lipinski definition) is 5. The van der Waals surface area contributed by atoms with Gasteiger partial charge in [-0.15, -0.1) is 0 Å². The van der Waals surface area contributed by atoms with Gasteiger partial charge in [0.25, 0.3) is 0 Å². The highest BCUT2D eigenvalue weighted by molar-refractivity contribution is 5.37. The van der Waals surface area contributed by atoms with Crippen LogP contribution in [0.4, 0.5) is 5.82 Å². The van der Waals surface area contributed by atoms with Crippen molar-refractivity contribution in [1.29, 1.82) is 0 Å². The van der Waals surface area contributed by atoms with Crippen LogP contribution in [0, 0.1) is 0 Å². The van der Waals surface area contributed by atoms with Crippen molar-refractivity contribution in [2.24, 2.45) is 5.73 Å². The molecule has 0 spiro atoms. The Bertz CT molecular complexity index is 304. The maximum absolute atomic E-state index is 5.82. The normalized spacial score (nSPS) is 23.9. The highest BCUT2D eigenvalue weighted by Gasteiger charge is 2.23. The van der Waals surface area contributed by atoms with Crippen LogP contribution >= 0.6 is 0 Å². The average molecular weight is 208 g/mol. The maximum atomic E-state index is 5.82. The molecule has 1 aliphatic heterocycles. The van der Waals surface area contributed by atoms with Gasteiger partial charge < -0.3 is 15.4 Å². The number of aromatic nitrogens is 2. The Labute approximate surface area is 89.3 Å². The van der Waals surface area contributed by atoms with Crippen LogP contribution < -0.4 is 10.6 Å². The van der Waals surface area contributed by atoms with E-state index < -0.39 is 0 Å². The molecule has 2 rings (SSSR count). The second-order valence-electron chi connectivity index (χ2n) is 3.78. The number of ether oxygens (including phenoxy) is 1. The topological polar surface area (TPSA) is 64.3 Å². The molecule has 2 heterocycles. The van der Waals surface area contributed by atoms with E-state index >= 15 is 0 Å². The van der Waals surface area contributed by atoms with Gasteiger partial charge in [-0.25, -0.2) is 9.97 Å². The van der Waals surface area contributed by atoms with Gasteiger partial charge in [0.05, 0.1) is 12.7 Å². The van der Waals surface area contributed by atoms with Gasteiger partial charge in [-0.1, -0.05) is 0 Å². The first-order chi connectivity index (χ1) is 7.27. The molecule has 1 aromatic heterocycles. The highest BCUT2D eigenvalue weighted by Crippen LogP contribution is 2.14. The van der Waals surface area contributed by atoms with E-state index in [1.807, 2.05) is 13.0 Å². The van der Waals surface area contributed by atoms with Crippen molar-refractivity contribution in [2.45, 2.75) is 19.1 Å². The fourth-order valence-corrected chi connectivity index (χ4v) is 1.67. The molecule has 0 aliphatic carbocycles. The summed E-state index contributed by atoms with van der Waals surface area (Å²) in [4.78, 5) is 10.3. The summed E-state index contributed by atoms with van der Waals surface area (Å²) in [6.45, 7) is 4.33. The lowest BCUT2D eigenvalue weighted by Crippen LogP contribution is -2.49. The largest absolute Gasteiger partial charge is 0.373 e. The molecular formula is C10H16N4O. The molecule has 2 atom stereocenters. The Morgan fingerprint density at radius 1 is 1.67 bits per heavy atom. The highest BCUT2D eigenvalue weighted by atomic mass is 16.5. The lowest BCUT2D eigenvalue weighted by atomic mass is 10.1. The van der Waals surface area contributed by atoms with Gasteiger partial charge in [0.2, 0.25) is 0 Å². The molecule has 1 aliphatic rings. The summed E-state index contributed by atoms with van der Waals surface area (Å²) in [7, 11) is 0. The zero-order chi connectivity index (χ0) is 10.7. The summed E-state index contributed by atoms with van der Waals surface area (Å²) in [5.41, 5.74) is 5.82. The maximum Gasteiger partial charge on any atom is 0.132 e. The average Bonchev–Trinajstić information content (AvgIpc) is 2.30. The van der Waals surface area contributed by atoms with Crippen molar-refractivity contribution in [1.82, 2.24) is 9.97 Å². The second-order valence-corrected chi connectivity index (χ2v) is 3.78. The Balaban J connectivity index is 2.05. The number of nitrogens with zero attached hydrogens (tertiary/aromatic N) is 3. The second kappa shape index (κ2) is 4.55. The van der Waals surface area contributed by atoms with Crippen LogP contribution in [-0.4, -0.2) is 41.8 Å². The van der Waals surface area contributed by atoms with Gasteiger partial charge in [-0.05, 0) is 13.0 Å². The van der Waals surface area contributed by atoms with Crippen molar-refractivity contribution >= 4 is 5.82 Å². The third kappa shape index (κ3) is 2.43. The number of anilines is 1. The standard InChI is InChI=1S/C10H16N4O/c1-8(11)9-6-14(4-5-15-9)10-2-3-12-7-13-10/h2-3,7-9H,4-6,11H2,1H3. The molecule has 15 heavy (non-hydrogen) atoms. The molecule has 1 aromatic rings. The van der Waals surface area contributed by atoms with Crippen molar-refractivity contribution < 1.29 is 4.74 Å². The minimum Gasteiger partial charge on any atom is -0.373 e. The van der Waals surface area contributed by atoms with Gasteiger partial charge >= 0.3 is 0 Å². The van der Waals surface area contributed by atoms with Crippen LogP contribution in [0.25, 0.3) is 0 Å². The van der Waals surface area contributed by atoms with Gasteiger partial charge in [0, 0.05) is 25.3 Å². The molecule has 0 saturated carbocycles. The molecule has 1 fully saturated rings. The molecule has 5 heteroatoms. The summed E-state index contributed by atoms with van der Waals surface area (Å²) in [5, 5.41) is 0. The fourth-order valence-electron chi connectivity index (χ4n) is 1.67. The monoisotopic (exact) mass is 208 g/mol. The Hall–Kier alpha value is -1.20. The number of morpholine rings is 1. The minimum absolute atomic E-state index is 0.0506. The molecule has 5 nitrogen and oxygen atoms in total. The van der Waals surface area contributed by atoms with E-state index in [4.69, 9.17) is 10.5 Å². The molecule has 0 amide bonds. The summed E-state index contributed by atoms with van der Waals surface area (Å²) in [6, 6.07) is 1.96. The van der Waals surface area contributed by atoms with E-state index in [2.05, 4.69) is 14.9 Å². The van der Waals surface area contributed by atoms with Crippen molar-refractivity contribution in [3.05, 3.63) is 18.6 Å². The van der Waals surface area contributed by atoms with Crippen molar-refractivity contribution in [2.75, 3.05) is 24.6 Å². The number of hydrogen-bond donors (Lipinski definition) is 1. The van der Waals surface area contributed by atoms with Crippen LogP contribution in [0.2, 0.25) is 0 Å². The fraction of sp³-hybridized carbons (Fsp3) is 0.600. The Morgan fingerprint density at radius 2 is 2.53 bits per heavy atom. The lowest BCUT2D eigenvalue weighted by molar-refractivity contribution is 0.0273. The summed E-state index contributed by atoms with van der Waals surface area (Å²) in [5.74, 6) is 0.943. The quantitative estimate of drug-likeness (QED) is 0.742. The van der Waals surface area contributed by atoms with E-state index in [1.54, 1.807) is 12.5 Å². The minimum atomic E-state index is 0.0506. The lowest BCUT2D eigenvalue weighted by Gasteiger charge is -2.35. The summed E-state index contributed by atoms with van der Waals surface area (Å²) >= 11 is 0. The van der Waals surface area contributed by atoms with Crippen LogP contribution in [0.15, 0.2) is 18.6 Å². The zero-order valence-electron chi connectivity index (χ0n) is 8.84. The van der Waals surface area contributed by atoms with Crippen molar-refractivity contribution in [3.8, 4) is 0 Å². The predicted octanol–water partition coefficient (Wildman–Crippen LogP) is 0.0290. The van der Waals surface area contributed by atoms with Crippen LogP contribution in [0.3, 0.4) is 0 Å². The first kappa shape index (κ1) is 10.3. The third-order valence-corrected chi connectivity index (χ3v) is 2.57. The molecule has 2 N–H and O–H groups in total. The SMILES string of the molecule is CC(N)C1CN(c2ccncn2)CCO1. The smallest absolute Gasteiger partial charge is 0.132 e. The molecule has 0 radical (unpaired) electrons. The molecule has 82 valence electrons. The van der Waals surface area contributed by atoms with E-state index in [0.29, 0.717) is 6.61 Å². The molecular weight excluding hydrogens is 192 g/mol. The molecule has 2 unspecified atom stereocenters. The van der Waals surface area contributed by atoms with E-state index in [1.165, 1.54) is 0 Å². The zero-order valence-corrected chi connectivity index (χ0v) is 8.84. The first-order valence-electron chi connectivity index (χ1n) is 5.15. The predicted molar refractivity (Wildman–Crippen MR) is 57.6 cm³/mol. The van der Waals surface area contributed by atoms with Crippen LogP contribution in [-0.2, 0) is 4.74 Å². The van der Waals surface area contributed by atoms with Crippen LogP contribution in [0.1, 0.15) is 6.92 Å². The first-order valence-corrected chi connectivity index (χ1v) is 5.15. The van der Waals surface area contributed by atoms with E-state index in [-0.39, 0.29) is 12.1 Å². The molecule has 0 aromatic carbocycles. The summed E-state index contributed by atoms with van der Waals surface area (Å²) < 4.78 is 5.58. The van der Waals surface area contributed by atoms with Gasteiger partial charge in [0.1, 0.15) is 12.1 Å². The van der Waals surface area contributed by atoms with E-state index in [9.17, 15) is 0 Å². The van der Waals surface area contributed by atoms with Gasteiger partial charge in [-0.2, -0.15) is 0 Å². The van der Waals surface area contributed by atoms with Gasteiger partial charge in [-0.3, -0.25) is 0 Å². The van der Waals surface area contributed by atoms with Crippen molar-refractivity contribution in [3.63, 3.8) is 0 Å². The summed E-state index contributed by atoms with van der Waals surface area (Å²) in [6.07, 6.45) is 3.40. The number of rotatable bonds is 2. The van der Waals surface area contributed by atoms with Crippen LogP contribution in [0.5, 0.6) is 0 Å².